The van der Waals surface area contributed by atoms with Gasteiger partial charge in [-0.05, 0) is 24.3 Å². The highest BCUT2D eigenvalue weighted by molar-refractivity contribution is 5.79. The van der Waals surface area contributed by atoms with Crippen LogP contribution in [-0.2, 0) is 13.0 Å². The number of nitrogens with zero attached hydrogens (tertiary/aromatic N) is 8. The third-order valence-corrected chi connectivity index (χ3v) is 4.75. The van der Waals surface area contributed by atoms with E-state index < -0.39 is 23.1 Å². The molecule has 1 aromatic carbocycles. The molecule has 4 aromatic heterocycles. The van der Waals surface area contributed by atoms with Gasteiger partial charge >= 0.3 is 5.92 Å². The van der Waals surface area contributed by atoms with Gasteiger partial charge in [-0.25, -0.2) is 4.39 Å². The van der Waals surface area contributed by atoms with Gasteiger partial charge < -0.3 is 4.85 Å². The van der Waals surface area contributed by atoms with Crippen molar-refractivity contribution in [2.24, 2.45) is 7.05 Å². The van der Waals surface area contributed by atoms with E-state index in [9.17, 15) is 4.39 Å². The summed E-state index contributed by atoms with van der Waals surface area (Å²) >= 11 is 0. The number of pyridine rings is 1. The van der Waals surface area contributed by atoms with Gasteiger partial charge in [0.15, 0.2) is 5.65 Å². The van der Waals surface area contributed by atoms with Crippen molar-refractivity contribution in [3.05, 3.63) is 77.4 Å². The molecule has 0 radical (unpaired) electrons. The molecule has 0 aliphatic carbocycles. The predicted molar refractivity (Wildman–Crippen MR) is 104 cm³/mol. The third-order valence-electron chi connectivity index (χ3n) is 4.75. The fourth-order valence-electron chi connectivity index (χ4n) is 3.27. The van der Waals surface area contributed by atoms with E-state index in [1.165, 1.54) is 29.2 Å². The molecule has 0 fully saturated rings. The van der Waals surface area contributed by atoms with E-state index in [0.717, 1.165) is 16.6 Å². The fraction of sp³-hybridized carbons (Fsp3) is 0.100. The van der Waals surface area contributed by atoms with Crippen LogP contribution in [0, 0.1) is 12.4 Å². The van der Waals surface area contributed by atoms with Crippen LogP contribution >= 0.6 is 0 Å². The molecule has 0 atom stereocenters. The molecule has 0 saturated heterocycles. The smallest absolute Gasteiger partial charge is 0.336 e. The summed E-state index contributed by atoms with van der Waals surface area (Å²) in [7, 11) is 1.62. The van der Waals surface area contributed by atoms with Crippen molar-refractivity contribution in [1.82, 2.24) is 34.6 Å². The lowest BCUT2D eigenvalue weighted by Crippen LogP contribution is -2.22. The van der Waals surface area contributed by atoms with Gasteiger partial charge in [0, 0.05) is 30.3 Å². The Bertz CT molecular complexity index is 1500. The normalized spacial score (nSPS) is 11.8. The topological polar surface area (TPSA) is 78.2 Å². The highest BCUT2D eigenvalue weighted by Gasteiger charge is 2.42. The van der Waals surface area contributed by atoms with E-state index in [1.807, 2.05) is 0 Å². The molecule has 0 bridgehead atoms. The summed E-state index contributed by atoms with van der Waals surface area (Å²) in [5.41, 5.74) is 0.322. The maximum absolute atomic E-state index is 15.4. The molecule has 0 aliphatic heterocycles. The molecule has 152 valence electrons. The molecule has 0 amide bonds. The number of aryl methyl sites for hydroxylation is 1. The molecular formula is C20H11F3N8. The number of benzene rings is 1. The standard InChI is InChI=1S/C20H11F3N8/c1-24-17-5-3-11(9-25-17)15-4-6-18-26-27-19(31(18)29-15)20(22,23)13-7-12-10-30(2)28-16(12)8-14(13)21/h3-10H,2H3. The Labute approximate surface area is 172 Å². The number of hydrogen-bond donors (Lipinski definition) is 0. The van der Waals surface area contributed by atoms with Gasteiger partial charge in [0.25, 0.3) is 5.82 Å². The first-order chi connectivity index (χ1) is 14.9. The van der Waals surface area contributed by atoms with Gasteiger partial charge in [-0.3, -0.25) is 4.68 Å². The molecule has 0 spiro atoms. The van der Waals surface area contributed by atoms with Crippen molar-refractivity contribution < 1.29 is 13.2 Å². The molecule has 0 N–H and O–H groups in total. The van der Waals surface area contributed by atoms with E-state index in [0.29, 0.717) is 16.6 Å². The van der Waals surface area contributed by atoms with Gasteiger partial charge in [-0.15, -0.1) is 15.2 Å². The number of rotatable bonds is 3. The minimum absolute atomic E-state index is 0.0760. The Balaban J connectivity index is 1.65. The maximum Gasteiger partial charge on any atom is 0.336 e. The lowest BCUT2D eigenvalue weighted by molar-refractivity contribution is 0.0270. The van der Waals surface area contributed by atoms with Crippen molar-refractivity contribution in [3.8, 4) is 11.3 Å². The molecule has 8 nitrogen and oxygen atoms in total. The Morgan fingerprint density at radius 2 is 1.90 bits per heavy atom. The average molecular weight is 420 g/mol. The van der Waals surface area contributed by atoms with Crippen LogP contribution < -0.4 is 0 Å². The minimum Gasteiger partial charge on any atom is -0.361 e. The van der Waals surface area contributed by atoms with E-state index in [4.69, 9.17) is 6.57 Å². The van der Waals surface area contributed by atoms with Crippen LogP contribution in [-0.4, -0.2) is 34.6 Å². The summed E-state index contributed by atoms with van der Waals surface area (Å²) in [6, 6.07) is 8.16. The van der Waals surface area contributed by atoms with Crippen LogP contribution in [0.1, 0.15) is 11.4 Å². The second kappa shape index (κ2) is 6.60. The molecule has 31 heavy (non-hydrogen) atoms. The molecule has 11 heteroatoms. The number of alkyl halides is 2. The first-order valence-corrected chi connectivity index (χ1v) is 8.95. The second-order valence-electron chi connectivity index (χ2n) is 6.80. The number of halogens is 3. The van der Waals surface area contributed by atoms with Crippen LogP contribution in [0.15, 0.2) is 48.8 Å². The monoisotopic (exact) mass is 420 g/mol. The van der Waals surface area contributed by atoms with Crippen LogP contribution in [0.25, 0.3) is 32.7 Å². The zero-order chi connectivity index (χ0) is 21.8. The SMILES string of the molecule is [C-]#[N+]c1ccc(-c2ccc3nnc(C(F)(F)c4cc5cn(C)nc5cc4F)n3n2)cn1. The Kier molecular flexibility index (Phi) is 3.97. The highest BCUT2D eigenvalue weighted by Crippen LogP contribution is 2.37. The largest absolute Gasteiger partial charge is 0.361 e. The second-order valence-corrected chi connectivity index (χ2v) is 6.80. The molecule has 5 rings (SSSR count). The van der Waals surface area contributed by atoms with Gasteiger partial charge in [0.1, 0.15) is 12.0 Å². The summed E-state index contributed by atoms with van der Waals surface area (Å²) in [5, 5.41) is 15.9. The van der Waals surface area contributed by atoms with Crippen molar-refractivity contribution in [2.75, 3.05) is 0 Å². The highest BCUT2D eigenvalue weighted by atomic mass is 19.3. The third kappa shape index (κ3) is 2.96. The Morgan fingerprint density at radius 1 is 1.06 bits per heavy atom. The number of aromatic nitrogens is 7. The van der Waals surface area contributed by atoms with Crippen LogP contribution in [0.2, 0.25) is 0 Å². The lowest BCUT2D eigenvalue weighted by atomic mass is 10.0. The summed E-state index contributed by atoms with van der Waals surface area (Å²) in [4.78, 5) is 7.17. The van der Waals surface area contributed by atoms with E-state index in [2.05, 4.69) is 30.2 Å². The molecule has 4 heterocycles. The molecule has 0 saturated carbocycles. The number of hydrogen-bond acceptors (Lipinski definition) is 5. The Morgan fingerprint density at radius 3 is 2.65 bits per heavy atom. The molecular weight excluding hydrogens is 409 g/mol. The van der Waals surface area contributed by atoms with Gasteiger partial charge in [0.2, 0.25) is 5.82 Å². The fourth-order valence-corrected chi connectivity index (χ4v) is 3.27. The zero-order valence-electron chi connectivity index (χ0n) is 15.8. The molecule has 5 aromatic rings. The summed E-state index contributed by atoms with van der Waals surface area (Å²) in [6.45, 7) is 6.96. The van der Waals surface area contributed by atoms with Crippen LogP contribution in [0.3, 0.4) is 0 Å². The lowest BCUT2D eigenvalue weighted by Gasteiger charge is -2.15. The first-order valence-electron chi connectivity index (χ1n) is 8.95. The van der Waals surface area contributed by atoms with E-state index in [-0.39, 0.29) is 17.0 Å². The minimum atomic E-state index is -3.81. The van der Waals surface area contributed by atoms with Crippen molar-refractivity contribution in [1.29, 1.82) is 0 Å². The summed E-state index contributed by atoms with van der Waals surface area (Å²) in [5.74, 6) is -5.55. The molecule has 0 unspecified atom stereocenters. The molecule has 0 aliphatic rings. The quantitative estimate of drug-likeness (QED) is 0.414. The van der Waals surface area contributed by atoms with Gasteiger partial charge in [-0.1, -0.05) is 12.6 Å². The predicted octanol–water partition coefficient (Wildman–Crippen LogP) is 3.90. The van der Waals surface area contributed by atoms with Crippen LogP contribution in [0.5, 0.6) is 0 Å². The van der Waals surface area contributed by atoms with Crippen molar-refractivity contribution >= 4 is 22.4 Å². The van der Waals surface area contributed by atoms with Gasteiger partial charge in [-0.2, -0.15) is 23.5 Å². The zero-order valence-corrected chi connectivity index (χ0v) is 15.8. The Hall–Kier alpha value is -4.33. The van der Waals surface area contributed by atoms with Gasteiger partial charge in [0.05, 0.1) is 16.8 Å². The van der Waals surface area contributed by atoms with E-state index >= 15 is 8.78 Å². The summed E-state index contributed by atoms with van der Waals surface area (Å²) < 4.78 is 47.7. The van der Waals surface area contributed by atoms with E-state index in [1.54, 1.807) is 19.2 Å². The first kappa shape index (κ1) is 18.7. The average Bonchev–Trinajstić information content (AvgIpc) is 3.35. The van der Waals surface area contributed by atoms with Crippen molar-refractivity contribution in [2.45, 2.75) is 5.92 Å². The maximum atomic E-state index is 15.4. The summed E-state index contributed by atoms with van der Waals surface area (Å²) in [6.07, 6.45) is 2.94. The van der Waals surface area contributed by atoms with Crippen LogP contribution in [0.4, 0.5) is 19.0 Å². The van der Waals surface area contributed by atoms with Crippen molar-refractivity contribution in [3.63, 3.8) is 0 Å². The number of fused-ring (bicyclic) bond motifs is 2.